The van der Waals surface area contributed by atoms with E-state index in [4.69, 9.17) is 0 Å². The topological polar surface area (TPSA) is 0 Å². The van der Waals surface area contributed by atoms with Crippen LogP contribution in [0.2, 0.25) is 0 Å². The Morgan fingerprint density at radius 1 is 0.500 bits per heavy atom. The van der Waals surface area contributed by atoms with Crippen LogP contribution in [-0.4, -0.2) is 4.83 Å². The van der Waals surface area contributed by atoms with Crippen molar-refractivity contribution in [3.8, 4) is 0 Å². The van der Waals surface area contributed by atoms with E-state index in [-0.39, 0.29) is 0 Å². The van der Waals surface area contributed by atoms with E-state index < -0.39 is 0 Å². The van der Waals surface area contributed by atoms with Gasteiger partial charge in [0, 0.05) is 4.83 Å². The monoisotopic (exact) mass is 346 g/mol. The molecule has 0 radical (unpaired) electrons. The Bertz CT molecular complexity index is 167. The summed E-state index contributed by atoms with van der Waals surface area (Å²) in [5.74, 6) is 0. The molecule has 0 aliphatic rings. The molecule has 0 amide bonds. The molecule has 0 spiro atoms. The Kier molecular flexibility index (Phi) is 18.0. The number of hydrogen-bond acceptors (Lipinski definition) is 0. The van der Waals surface area contributed by atoms with Gasteiger partial charge >= 0.3 is 0 Å². The molecule has 0 saturated carbocycles. The van der Waals surface area contributed by atoms with Crippen LogP contribution in [0.25, 0.3) is 0 Å². The number of alkyl halides is 1. The van der Waals surface area contributed by atoms with Gasteiger partial charge < -0.3 is 0 Å². The van der Waals surface area contributed by atoms with E-state index in [1.165, 1.54) is 103 Å². The number of unbranched alkanes of at least 4 members (excludes halogenated alkanes) is 12. The van der Waals surface area contributed by atoms with Gasteiger partial charge in [-0.3, -0.25) is 0 Å². The summed E-state index contributed by atoms with van der Waals surface area (Å²) < 4.78 is 0. The molecule has 0 N–H and O–H groups in total. The molecule has 0 bridgehead atoms. The van der Waals surface area contributed by atoms with Crippen molar-refractivity contribution >= 4 is 15.9 Å². The van der Waals surface area contributed by atoms with Crippen LogP contribution >= 0.6 is 15.9 Å². The van der Waals surface area contributed by atoms with Gasteiger partial charge in [-0.1, -0.05) is 120 Å². The maximum absolute atomic E-state index is 3.77. The van der Waals surface area contributed by atoms with Gasteiger partial charge in [-0.25, -0.2) is 0 Å². The molecular formula is C19H39Br. The van der Waals surface area contributed by atoms with E-state index >= 15 is 0 Å². The molecular weight excluding hydrogens is 308 g/mol. The van der Waals surface area contributed by atoms with Crippen molar-refractivity contribution in [3.63, 3.8) is 0 Å². The van der Waals surface area contributed by atoms with Gasteiger partial charge in [-0.05, 0) is 12.8 Å². The second-order valence-electron chi connectivity index (χ2n) is 6.42. The minimum atomic E-state index is 0.778. The molecule has 0 aromatic carbocycles. The van der Waals surface area contributed by atoms with E-state index in [9.17, 15) is 0 Å². The Morgan fingerprint density at radius 2 is 0.900 bits per heavy atom. The number of rotatable bonds is 16. The summed E-state index contributed by atoms with van der Waals surface area (Å²) in [5, 5.41) is 0. The molecule has 0 aliphatic heterocycles. The lowest BCUT2D eigenvalue weighted by Gasteiger charge is -2.07. The zero-order valence-electron chi connectivity index (χ0n) is 14.3. The maximum atomic E-state index is 3.77. The first-order valence-electron chi connectivity index (χ1n) is 9.45. The third kappa shape index (κ3) is 16.5. The smallest absolute Gasteiger partial charge is 0.0145 e. The largest absolute Gasteiger partial charge is 0.0891 e. The Labute approximate surface area is 137 Å². The van der Waals surface area contributed by atoms with Crippen LogP contribution in [0.15, 0.2) is 0 Å². The van der Waals surface area contributed by atoms with Crippen molar-refractivity contribution < 1.29 is 0 Å². The van der Waals surface area contributed by atoms with Crippen LogP contribution in [0.1, 0.15) is 117 Å². The Morgan fingerprint density at radius 3 is 1.30 bits per heavy atom. The summed E-state index contributed by atoms with van der Waals surface area (Å²) in [4.78, 5) is 0.778. The standard InChI is InChI=1S/C19H39Br/c1-3-5-6-7-8-9-10-11-12-13-14-15-16-18-19(20)17-4-2/h19H,3-18H2,1-2H3. The third-order valence-corrected chi connectivity index (χ3v) is 5.14. The fraction of sp³-hybridized carbons (Fsp3) is 1.00. The van der Waals surface area contributed by atoms with E-state index in [0.717, 1.165) is 4.83 Å². The fourth-order valence-electron chi connectivity index (χ4n) is 2.84. The van der Waals surface area contributed by atoms with E-state index in [2.05, 4.69) is 29.8 Å². The lowest BCUT2D eigenvalue weighted by molar-refractivity contribution is 0.532. The highest BCUT2D eigenvalue weighted by atomic mass is 79.9. The van der Waals surface area contributed by atoms with Crippen LogP contribution < -0.4 is 0 Å². The first-order valence-corrected chi connectivity index (χ1v) is 10.4. The third-order valence-electron chi connectivity index (χ3n) is 4.22. The van der Waals surface area contributed by atoms with Crippen molar-refractivity contribution in [3.05, 3.63) is 0 Å². The molecule has 1 atom stereocenters. The van der Waals surface area contributed by atoms with Crippen LogP contribution in [0.5, 0.6) is 0 Å². The van der Waals surface area contributed by atoms with E-state index in [0.29, 0.717) is 0 Å². The van der Waals surface area contributed by atoms with Gasteiger partial charge in [0.2, 0.25) is 0 Å². The minimum absolute atomic E-state index is 0.778. The van der Waals surface area contributed by atoms with Gasteiger partial charge in [0.25, 0.3) is 0 Å². The van der Waals surface area contributed by atoms with E-state index in [1.54, 1.807) is 0 Å². The summed E-state index contributed by atoms with van der Waals surface area (Å²) in [7, 11) is 0. The molecule has 20 heavy (non-hydrogen) atoms. The fourth-order valence-corrected chi connectivity index (χ4v) is 3.62. The van der Waals surface area contributed by atoms with Crippen molar-refractivity contribution in [1.29, 1.82) is 0 Å². The molecule has 0 aliphatic carbocycles. The second kappa shape index (κ2) is 17.5. The Balaban J connectivity index is 2.99. The van der Waals surface area contributed by atoms with Crippen molar-refractivity contribution in [1.82, 2.24) is 0 Å². The molecule has 122 valence electrons. The average molecular weight is 347 g/mol. The second-order valence-corrected chi connectivity index (χ2v) is 7.71. The zero-order chi connectivity index (χ0) is 14.9. The molecule has 0 aromatic rings. The van der Waals surface area contributed by atoms with Crippen LogP contribution in [0, 0.1) is 0 Å². The highest BCUT2D eigenvalue weighted by Crippen LogP contribution is 2.17. The Hall–Kier alpha value is 0.480. The minimum Gasteiger partial charge on any atom is -0.0891 e. The molecule has 1 heteroatoms. The van der Waals surface area contributed by atoms with Crippen LogP contribution in [0.3, 0.4) is 0 Å². The summed E-state index contributed by atoms with van der Waals surface area (Å²) in [5.41, 5.74) is 0. The molecule has 0 heterocycles. The first-order chi connectivity index (χ1) is 9.81. The summed E-state index contributed by atoms with van der Waals surface area (Å²) >= 11 is 3.77. The maximum Gasteiger partial charge on any atom is 0.0145 e. The van der Waals surface area contributed by atoms with Crippen molar-refractivity contribution in [2.75, 3.05) is 0 Å². The predicted molar refractivity (Wildman–Crippen MR) is 97.9 cm³/mol. The van der Waals surface area contributed by atoms with Crippen molar-refractivity contribution in [2.24, 2.45) is 0 Å². The number of halogens is 1. The normalized spacial score (nSPS) is 12.8. The van der Waals surface area contributed by atoms with E-state index in [1.807, 2.05) is 0 Å². The first kappa shape index (κ1) is 20.5. The van der Waals surface area contributed by atoms with Gasteiger partial charge in [0.1, 0.15) is 0 Å². The van der Waals surface area contributed by atoms with Gasteiger partial charge in [0.05, 0.1) is 0 Å². The SMILES string of the molecule is CCCCCCCCCCCCCCCC(Br)CCC. The lowest BCUT2D eigenvalue weighted by Crippen LogP contribution is -1.96. The van der Waals surface area contributed by atoms with Gasteiger partial charge in [-0.15, -0.1) is 0 Å². The average Bonchev–Trinajstić information content (AvgIpc) is 2.44. The predicted octanol–water partition coefficient (Wildman–Crippen LogP) is 8.03. The highest BCUT2D eigenvalue weighted by Gasteiger charge is 2.01. The quantitative estimate of drug-likeness (QED) is 0.196. The summed E-state index contributed by atoms with van der Waals surface area (Å²) in [6, 6.07) is 0. The van der Waals surface area contributed by atoms with Crippen LogP contribution in [-0.2, 0) is 0 Å². The molecule has 0 fully saturated rings. The summed E-state index contributed by atoms with van der Waals surface area (Å²) in [6.07, 6.45) is 23.0. The van der Waals surface area contributed by atoms with Crippen molar-refractivity contribution in [2.45, 2.75) is 121 Å². The molecule has 0 aromatic heterocycles. The molecule has 1 unspecified atom stereocenters. The van der Waals surface area contributed by atoms with Crippen LogP contribution in [0.4, 0.5) is 0 Å². The summed E-state index contributed by atoms with van der Waals surface area (Å²) in [6.45, 7) is 4.57. The van der Waals surface area contributed by atoms with Gasteiger partial charge in [0.15, 0.2) is 0 Å². The highest BCUT2D eigenvalue weighted by molar-refractivity contribution is 9.09. The molecule has 0 nitrogen and oxygen atoms in total. The lowest BCUT2D eigenvalue weighted by atomic mass is 10.0. The molecule has 0 saturated heterocycles. The van der Waals surface area contributed by atoms with Gasteiger partial charge in [-0.2, -0.15) is 0 Å². The number of hydrogen-bond donors (Lipinski definition) is 0. The molecule has 0 rings (SSSR count). The zero-order valence-corrected chi connectivity index (χ0v) is 15.9.